The molecule has 0 radical (unpaired) electrons. The van der Waals surface area contributed by atoms with Crippen LogP contribution in [0.1, 0.15) is 5.56 Å². The smallest absolute Gasteiger partial charge is 0.222 e. The van der Waals surface area contributed by atoms with Gasteiger partial charge in [0.25, 0.3) is 0 Å². The number of aromatic nitrogens is 4. The van der Waals surface area contributed by atoms with Crippen LogP contribution in [0.4, 0.5) is 11.1 Å². The van der Waals surface area contributed by atoms with Gasteiger partial charge in [-0.1, -0.05) is 53.3 Å². The first-order valence-corrected chi connectivity index (χ1v) is 8.29. The van der Waals surface area contributed by atoms with Crippen LogP contribution in [0.3, 0.4) is 0 Å². The van der Waals surface area contributed by atoms with E-state index in [0.717, 1.165) is 9.47 Å². The first kappa shape index (κ1) is 15.0. The summed E-state index contributed by atoms with van der Waals surface area (Å²) in [6.45, 7) is 0.701. The largest absolute Gasteiger partial charge is 0.368 e. The zero-order valence-electron chi connectivity index (χ0n) is 11.2. The second-order valence-electron chi connectivity index (χ2n) is 4.20. The Morgan fingerprint density at radius 1 is 1.18 bits per heavy atom. The van der Waals surface area contributed by atoms with Crippen molar-refractivity contribution in [3.63, 3.8) is 0 Å². The molecular weight excluding hydrogens is 340 g/mol. The molecule has 0 saturated carbocycles. The quantitative estimate of drug-likeness (QED) is 0.682. The number of halogens is 1. The molecule has 0 aliphatic heterocycles. The summed E-state index contributed by atoms with van der Waals surface area (Å²) in [5, 5.41) is 13.1. The Morgan fingerprint density at radius 3 is 2.77 bits per heavy atom. The topological polar surface area (TPSA) is 89.6 Å². The van der Waals surface area contributed by atoms with E-state index in [1.165, 1.54) is 28.7 Å². The number of benzene rings is 1. The van der Waals surface area contributed by atoms with E-state index >= 15 is 0 Å². The van der Waals surface area contributed by atoms with Crippen molar-refractivity contribution in [2.24, 2.45) is 0 Å². The van der Waals surface area contributed by atoms with Crippen LogP contribution in [0.5, 0.6) is 0 Å². The Bertz CT molecular complexity index is 744. The molecule has 112 valence electrons. The van der Waals surface area contributed by atoms with Crippen LogP contribution in [0, 0.1) is 0 Å². The van der Waals surface area contributed by atoms with Crippen LogP contribution in [-0.4, -0.2) is 20.2 Å². The predicted octanol–water partition coefficient (Wildman–Crippen LogP) is 3.33. The lowest BCUT2D eigenvalue weighted by Gasteiger charge is -2.01. The molecule has 3 N–H and O–H groups in total. The Morgan fingerprint density at radius 2 is 2.00 bits per heavy atom. The third kappa shape index (κ3) is 4.06. The lowest BCUT2D eigenvalue weighted by atomic mass is 10.2. The zero-order valence-corrected chi connectivity index (χ0v) is 13.6. The molecule has 2 aromatic heterocycles. The molecule has 0 unspecified atom stereocenters. The highest BCUT2D eigenvalue weighted by Crippen LogP contribution is 2.32. The van der Waals surface area contributed by atoms with Crippen LogP contribution < -0.4 is 11.1 Å². The van der Waals surface area contributed by atoms with Gasteiger partial charge in [0, 0.05) is 12.6 Å². The SMILES string of the molecule is Nc1nc(Cl)cc(Sc2nnc(NCc3ccccc3)s2)n1. The van der Waals surface area contributed by atoms with Crippen molar-refractivity contribution in [3.8, 4) is 0 Å². The van der Waals surface area contributed by atoms with E-state index in [1.54, 1.807) is 6.07 Å². The van der Waals surface area contributed by atoms with E-state index in [2.05, 4.69) is 37.6 Å². The number of hydrogen-bond acceptors (Lipinski definition) is 8. The maximum atomic E-state index is 5.85. The standard InChI is InChI=1S/C13H11ClN6S2/c14-9-6-10(18-11(15)17-9)21-13-20-19-12(22-13)16-7-8-4-2-1-3-5-8/h1-6H,7H2,(H,16,19)(H2,15,17,18). The third-order valence-corrected chi connectivity index (χ3v) is 4.62. The number of nitrogen functional groups attached to an aromatic ring is 1. The fourth-order valence-corrected chi connectivity index (χ4v) is 3.61. The highest BCUT2D eigenvalue weighted by Gasteiger charge is 2.08. The molecule has 9 heteroatoms. The van der Waals surface area contributed by atoms with E-state index < -0.39 is 0 Å². The summed E-state index contributed by atoms with van der Waals surface area (Å²) in [6, 6.07) is 11.7. The fourth-order valence-electron chi connectivity index (χ4n) is 1.65. The Hall–Kier alpha value is -1.90. The molecule has 6 nitrogen and oxygen atoms in total. The van der Waals surface area contributed by atoms with Crippen molar-refractivity contribution in [3.05, 3.63) is 47.1 Å². The Kier molecular flexibility index (Phi) is 4.71. The second-order valence-corrected chi connectivity index (χ2v) is 6.83. The summed E-state index contributed by atoms with van der Waals surface area (Å²) in [7, 11) is 0. The van der Waals surface area contributed by atoms with Crippen molar-refractivity contribution < 1.29 is 0 Å². The monoisotopic (exact) mass is 350 g/mol. The molecule has 0 fully saturated rings. The van der Waals surface area contributed by atoms with Gasteiger partial charge in [0.2, 0.25) is 11.1 Å². The van der Waals surface area contributed by atoms with Gasteiger partial charge in [0.05, 0.1) is 0 Å². The summed E-state index contributed by atoms with van der Waals surface area (Å²) in [6.07, 6.45) is 0. The number of hydrogen-bond donors (Lipinski definition) is 2. The molecule has 0 bridgehead atoms. The van der Waals surface area contributed by atoms with Crippen molar-refractivity contribution in [2.45, 2.75) is 15.9 Å². The molecular formula is C13H11ClN6S2. The molecule has 3 aromatic rings. The van der Waals surface area contributed by atoms with E-state index in [1.807, 2.05) is 18.2 Å². The number of nitrogens with zero attached hydrogens (tertiary/aromatic N) is 4. The number of anilines is 2. The average Bonchev–Trinajstić information content (AvgIpc) is 2.93. The Balaban J connectivity index is 1.63. The van der Waals surface area contributed by atoms with Crippen LogP contribution >= 0.6 is 34.7 Å². The second kappa shape index (κ2) is 6.91. The van der Waals surface area contributed by atoms with E-state index in [-0.39, 0.29) is 5.95 Å². The summed E-state index contributed by atoms with van der Waals surface area (Å²) >= 11 is 8.64. The summed E-state index contributed by atoms with van der Waals surface area (Å²) in [5.41, 5.74) is 6.75. The van der Waals surface area contributed by atoms with Crippen molar-refractivity contribution in [1.82, 2.24) is 20.2 Å². The zero-order chi connectivity index (χ0) is 15.4. The molecule has 22 heavy (non-hydrogen) atoms. The van der Waals surface area contributed by atoms with Crippen molar-refractivity contribution >= 4 is 45.8 Å². The van der Waals surface area contributed by atoms with Gasteiger partial charge < -0.3 is 11.1 Å². The fraction of sp³-hybridized carbons (Fsp3) is 0.0769. The molecule has 0 saturated heterocycles. The minimum atomic E-state index is 0.141. The highest BCUT2D eigenvalue weighted by atomic mass is 35.5. The van der Waals surface area contributed by atoms with Gasteiger partial charge >= 0.3 is 0 Å². The van der Waals surface area contributed by atoms with E-state index in [0.29, 0.717) is 16.7 Å². The molecule has 0 amide bonds. The Labute approximate surface area is 140 Å². The van der Waals surface area contributed by atoms with E-state index in [4.69, 9.17) is 17.3 Å². The third-order valence-electron chi connectivity index (χ3n) is 2.57. The number of rotatable bonds is 5. The van der Waals surface area contributed by atoms with Crippen molar-refractivity contribution in [1.29, 1.82) is 0 Å². The minimum Gasteiger partial charge on any atom is -0.368 e. The molecule has 1 aromatic carbocycles. The van der Waals surface area contributed by atoms with Gasteiger partial charge in [-0.05, 0) is 17.3 Å². The summed E-state index contributed by atoms with van der Waals surface area (Å²) in [4.78, 5) is 7.91. The van der Waals surface area contributed by atoms with E-state index in [9.17, 15) is 0 Å². The summed E-state index contributed by atoms with van der Waals surface area (Å²) in [5.74, 6) is 0.141. The summed E-state index contributed by atoms with van der Waals surface area (Å²) < 4.78 is 0.754. The molecule has 0 spiro atoms. The molecule has 0 aliphatic rings. The van der Waals surface area contributed by atoms with Gasteiger partial charge in [0.1, 0.15) is 10.2 Å². The van der Waals surface area contributed by atoms with Gasteiger partial charge in [-0.25, -0.2) is 9.97 Å². The van der Waals surface area contributed by atoms with Crippen LogP contribution in [0.15, 0.2) is 45.8 Å². The van der Waals surface area contributed by atoms with Crippen LogP contribution in [0.2, 0.25) is 5.15 Å². The maximum Gasteiger partial charge on any atom is 0.222 e. The maximum absolute atomic E-state index is 5.85. The first-order chi connectivity index (χ1) is 10.7. The lowest BCUT2D eigenvalue weighted by molar-refractivity contribution is 0.989. The number of nitrogens with one attached hydrogen (secondary N) is 1. The normalized spacial score (nSPS) is 10.6. The minimum absolute atomic E-state index is 0.141. The molecule has 2 heterocycles. The van der Waals surface area contributed by atoms with Crippen molar-refractivity contribution in [2.75, 3.05) is 11.1 Å². The predicted molar refractivity (Wildman–Crippen MR) is 89.3 cm³/mol. The highest BCUT2D eigenvalue weighted by molar-refractivity contribution is 8.01. The van der Waals surface area contributed by atoms with Gasteiger partial charge in [-0.3, -0.25) is 0 Å². The van der Waals surface area contributed by atoms with Gasteiger partial charge in [-0.15, -0.1) is 10.2 Å². The lowest BCUT2D eigenvalue weighted by Crippen LogP contribution is -1.98. The number of nitrogens with two attached hydrogens (primary N) is 1. The molecule has 0 aliphatic carbocycles. The van der Waals surface area contributed by atoms with Crippen LogP contribution in [0.25, 0.3) is 0 Å². The van der Waals surface area contributed by atoms with Crippen LogP contribution in [-0.2, 0) is 6.54 Å². The first-order valence-electron chi connectivity index (χ1n) is 6.28. The molecule has 3 rings (SSSR count). The average molecular weight is 351 g/mol. The molecule has 0 atom stereocenters. The van der Waals surface area contributed by atoms with Gasteiger partial charge in [-0.2, -0.15) is 0 Å². The van der Waals surface area contributed by atoms with Gasteiger partial charge in [0.15, 0.2) is 4.34 Å².